The summed E-state index contributed by atoms with van der Waals surface area (Å²) >= 11 is 0. The lowest BCUT2D eigenvalue weighted by Gasteiger charge is -2.59. The van der Waals surface area contributed by atoms with Crippen LogP contribution in [0.5, 0.6) is 0 Å². The Labute approximate surface area is 174 Å². The number of nitro benzene ring substituents is 1. The van der Waals surface area contributed by atoms with Crippen LogP contribution < -0.4 is 5.32 Å². The van der Waals surface area contributed by atoms with E-state index in [1.165, 1.54) is 37.5 Å². The van der Waals surface area contributed by atoms with Crippen LogP contribution in [0.4, 0.5) is 5.69 Å². The number of nitro groups is 1. The molecule has 30 heavy (non-hydrogen) atoms. The number of fused-ring (bicyclic) bond motifs is 1. The maximum atomic E-state index is 12.8. The van der Waals surface area contributed by atoms with Gasteiger partial charge in [-0.05, 0) is 74.7 Å². The monoisotopic (exact) mass is 411 g/mol. The zero-order chi connectivity index (χ0) is 21.2. The Hall–Kier alpha value is -2.77. The summed E-state index contributed by atoms with van der Waals surface area (Å²) in [5.41, 5.74) is -0.535. The van der Waals surface area contributed by atoms with Crippen LogP contribution in [0.3, 0.4) is 0 Å². The van der Waals surface area contributed by atoms with Crippen LogP contribution in [0.1, 0.15) is 66.2 Å². The molecule has 6 rings (SSSR count). The van der Waals surface area contributed by atoms with Crippen LogP contribution in [-0.2, 0) is 4.79 Å². The van der Waals surface area contributed by atoms with E-state index in [0.29, 0.717) is 0 Å². The molecule has 1 aromatic carbocycles. The van der Waals surface area contributed by atoms with Crippen LogP contribution in [0, 0.1) is 33.3 Å². The second kappa shape index (κ2) is 6.62. The Bertz CT molecular complexity index is 936. The summed E-state index contributed by atoms with van der Waals surface area (Å²) in [5, 5.41) is 14.3. The molecule has 1 aliphatic heterocycles. The Morgan fingerprint density at radius 1 is 1.17 bits per heavy atom. The van der Waals surface area contributed by atoms with Crippen molar-refractivity contribution in [2.75, 3.05) is 6.54 Å². The number of hydrogen-bond donors (Lipinski definition) is 1. The highest BCUT2D eigenvalue weighted by atomic mass is 16.6. The molecule has 1 heterocycles. The van der Waals surface area contributed by atoms with E-state index in [1.807, 2.05) is 6.92 Å². The predicted octanol–water partition coefficient (Wildman–Crippen LogP) is 2.91. The minimum atomic E-state index is -0.778. The van der Waals surface area contributed by atoms with Crippen molar-refractivity contribution in [3.63, 3.8) is 0 Å². The molecular formula is C22H25N3O5. The number of carbonyl (C=O) groups excluding carboxylic acids is 3. The minimum absolute atomic E-state index is 0.0175. The van der Waals surface area contributed by atoms with Gasteiger partial charge in [-0.2, -0.15) is 0 Å². The van der Waals surface area contributed by atoms with Gasteiger partial charge in [-0.25, -0.2) is 0 Å². The lowest BCUT2D eigenvalue weighted by Crippen LogP contribution is -2.56. The van der Waals surface area contributed by atoms with Gasteiger partial charge in [0.05, 0.1) is 10.5 Å². The van der Waals surface area contributed by atoms with E-state index in [4.69, 9.17) is 0 Å². The van der Waals surface area contributed by atoms with Crippen LogP contribution in [0.15, 0.2) is 18.2 Å². The highest BCUT2D eigenvalue weighted by Crippen LogP contribution is 2.61. The largest absolute Gasteiger partial charge is 0.352 e. The van der Waals surface area contributed by atoms with Crippen molar-refractivity contribution in [2.45, 2.75) is 51.5 Å². The molecule has 8 heteroatoms. The minimum Gasteiger partial charge on any atom is -0.352 e. The average Bonchev–Trinajstić information content (AvgIpc) is 2.92. The molecule has 4 bridgehead atoms. The molecule has 0 saturated heterocycles. The van der Waals surface area contributed by atoms with E-state index >= 15 is 0 Å². The first kappa shape index (κ1) is 19.2. The Morgan fingerprint density at radius 3 is 2.33 bits per heavy atom. The normalized spacial score (nSPS) is 32.3. The molecule has 0 spiro atoms. The first-order chi connectivity index (χ1) is 14.3. The maximum Gasteiger partial charge on any atom is 0.282 e. The summed E-state index contributed by atoms with van der Waals surface area (Å²) in [6.45, 7) is 1.62. The number of carbonyl (C=O) groups is 3. The molecule has 158 valence electrons. The topological polar surface area (TPSA) is 110 Å². The van der Waals surface area contributed by atoms with Gasteiger partial charge in [0.2, 0.25) is 5.91 Å². The van der Waals surface area contributed by atoms with E-state index in [9.17, 15) is 24.5 Å². The first-order valence-corrected chi connectivity index (χ1v) is 10.7. The van der Waals surface area contributed by atoms with Crippen molar-refractivity contribution in [2.24, 2.45) is 23.2 Å². The van der Waals surface area contributed by atoms with E-state index in [0.717, 1.165) is 41.9 Å². The third-order valence-electron chi connectivity index (χ3n) is 7.86. The van der Waals surface area contributed by atoms with E-state index < -0.39 is 34.9 Å². The van der Waals surface area contributed by atoms with Crippen LogP contribution in [0.25, 0.3) is 0 Å². The molecule has 8 nitrogen and oxygen atoms in total. The summed E-state index contributed by atoms with van der Waals surface area (Å²) in [4.78, 5) is 49.5. The van der Waals surface area contributed by atoms with Crippen LogP contribution in [-0.4, -0.2) is 40.1 Å². The molecule has 0 aromatic heterocycles. The van der Waals surface area contributed by atoms with Gasteiger partial charge in [-0.1, -0.05) is 6.07 Å². The van der Waals surface area contributed by atoms with Gasteiger partial charge >= 0.3 is 0 Å². The molecule has 4 fully saturated rings. The van der Waals surface area contributed by atoms with Crippen molar-refractivity contribution in [1.29, 1.82) is 0 Å². The highest BCUT2D eigenvalue weighted by molar-refractivity contribution is 6.24. The lowest BCUT2D eigenvalue weighted by molar-refractivity contribution is -0.385. The Kier molecular flexibility index (Phi) is 4.24. The summed E-state index contributed by atoms with van der Waals surface area (Å²) in [6.07, 6.45) is 7.36. The molecule has 1 aromatic rings. The maximum absolute atomic E-state index is 12.8. The molecule has 0 radical (unpaired) electrons. The second-order valence-electron chi connectivity index (χ2n) is 9.72. The van der Waals surface area contributed by atoms with Crippen molar-refractivity contribution in [1.82, 2.24) is 10.2 Å². The van der Waals surface area contributed by atoms with Gasteiger partial charge < -0.3 is 5.32 Å². The zero-order valence-corrected chi connectivity index (χ0v) is 16.9. The summed E-state index contributed by atoms with van der Waals surface area (Å²) in [7, 11) is 0. The molecule has 3 amide bonds. The lowest BCUT2D eigenvalue weighted by atomic mass is 9.48. The van der Waals surface area contributed by atoms with Gasteiger partial charge in [-0.15, -0.1) is 0 Å². The smallest absolute Gasteiger partial charge is 0.282 e. The molecular weight excluding hydrogens is 386 g/mol. The zero-order valence-electron chi connectivity index (χ0n) is 16.9. The molecule has 5 aliphatic rings. The van der Waals surface area contributed by atoms with Gasteiger partial charge in [0, 0.05) is 12.1 Å². The molecule has 4 aliphatic carbocycles. The Morgan fingerprint density at radius 2 is 1.77 bits per heavy atom. The summed E-state index contributed by atoms with van der Waals surface area (Å²) < 4.78 is 0. The number of imide groups is 1. The third kappa shape index (κ3) is 2.84. The van der Waals surface area contributed by atoms with Gasteiger partial charge in [0.15, 0.2) is 0 Å². The molecule has 4 saturated carbocycles. The van der Waals surface area contributed by atoms with E-state index in [-0.39, 0.29) is 22.6 Å². The van der Waals surface area contributed by atoms with Crippen LogP contribution in [0.2, 0.25) is 0 Å². The van der Waals surface area contributed by atoms with Gasteiger partial charge in [0.1, 0.15) is 12.1 Å². The standard InChI is InChI=1S/C22H25N3O5/c1-12(22-8-13-5-14(9-22)7-15(6-13)10-22)23-18(26)11-24-20(27)16-3-2-4-17(25(29)30)19(16)21(24)28/h2-4,12-15H,5-11H2,1H3,(H,23,26)/t12-,13?,14?,15?,22?/m0/s1. The number of benzene rings is 1. The fourth-order valence-electron chi connectivity index (χ4n) is 6.90. The van der Waals surface area contributed by atoms with E-state index in [1.54, 1.807) is 0 Å². The first-order valence-electron chi connectivity index (χ1n) is 10.7. The number of nitrogens with one attached hydrogen (secondary N) is 1. The van der Waals surface area contributed by atoms with Crippen LogP contribution >= 0.6 is 0 Å². The summed E-state index contributed by atoms with van der Waals surface area (Å²) in [5.74, 6) is 0.443. The second-order valence-corrected chi connectivity index (χ2v) is 9.72. The van der Waals surface area contributed by atoms with E-state index in [2.05, 4.69) is 5.32 Å². The Balaban J connectivity index is 1.29. The number of hydrogen-bond acceptors (Lipinski definition) is 5. The highest BCUT2D eigenvalue weighted by Gasteiger charge is 2.53. The SMILES string of the molecule is C[C@H](NC(=O)CN1C(=O)c2cccc([N+](=O)[O-])c2C1=O)C12CC3CC(CC(C3)C1)C2. The fourth-order valence-corrected chi connectivity index (χ4v) is 6.90. The van der Waals surface area contributed by atoms with Crippen molar-refractivity contribution in [3.8, 4) is 0 Å². The third-order valence-corrected chi connectivity index (χ3v) is 7.86. The fraction of sp³-hybridized carbons (Fsp3) is 0.591. The molecule has 0 unspecified atom stereocenters. The quantitative estimate of drug-likeness (QED) is 0.455. The predicted molar refractivity (Wildman–Crippen MR) is 107 cm³/mol. The number of amides is 3. The number of nitrogens with zero attached hydrogens (tertiary/aromatic N) is 2. The molecule has 1 atom stereocenters. The molecule has 1 N–H and O–H groups in total. The van der Waals surface area contributed by atoms with Gasteiger partial charge in [0.25, 0.3) is 17.5 Å². The number of rotatable bonds is 5. The van der Waals surface area contributed by atoms with Crippen molar-refractivity contribution < 1.29 is 19.3 Å². The summed E-state index contributed by atoms with van der Waals surface area (Å²) in [6, 6.07) is 3.94. The van der Waals surface area contributed by atoms with Crippen molar-refractivity contribution >= 4 is 23.4 Å². The average molecular weight is 411 g/mol. The van der Waals surface area contributed by atoms with Crippen molar-refractivity contribution in [3.05, 3.63) is 39.4 Å². The van der Waals surface area contributed by atoms with Gasteiger partial charge in [-0.3, -0.25) is 29.4 Å².